The first kappa shape index (κ1) is 22.3. The lowest BCUT2D eigenvalue weighted by molar-refractivity contribution is -0.212. The van der Waals surface area contributed by atoms with Gasteiger partial charge in [-0.3, -0.25) is 14.5 Å². The molecule has 13 heteroatoms. The molecule has 0 radical (unpaired) electrons. The number of carbonyl (C=O) groups is 1. The molecular weight excluding hydrogens is 430 g/mol. The number of aromatic nitrogens is 5. The number of alkyl halides is 6. The smallest absolute Gasteiger partial charge is 0.365 e. The van der Waals surface area contributed by atoms with Gasteiger partial charge in [0.2, 0.25) is 0 Å². The molecular formula is C18H16F6N6O. The monoisotopic (exact) mass is 446 g/mol. The van der Waals surface area contributed by atoms with Crippen LogP contribution in [0.1, 0.15) is 33.9 Å². The Balaban J connectivity index is 0.000000187. The maximum atomic E-state index is 12.6. The number of aryl methyl sites for hydroxylation is 3. The SMILES string of the molecule is Cc1nn(C(F)(F)F)cc1C(N)=O.FC(F)(F)c1cc(-c2cc3n(n2)CCC3)ccn1. The molecule has 0 saturated carbocycles. The van der Waals surface area contributed by atoms with E-state index >= 15 is 0 Å². The highest BCUT2D eigenvalue weighted by Crippen LogP contribution is 2.31. The van der Waals surface area contributed by atoms with Gasteiger partial charge < -0.3 is 5.73 Å². The van der Waals surface area contributed by atoms with E-state index in [1.165, 1.54) is 13.1 Å². The van der Waals surface area contributed by atoms with E-state index in [1.54, 1.807) is 6.07 Å². The Morgan fingerprint density at radius 2 is 1.84 bits per heavy atom. The number of carbonyl (C=O) groups excluding carboxylic acids is 1. The quantitative estimate of drug-likeness (QED) is 0.608. The summed E-state index contributed by atoms with van der Waals surface area (Å²) in [6.07, 6.45) is -5.31. The molecule has 0 atom stereocenters. The van der Waals surface area contributed by atoms with Crippen molar-refractivity contribution in [1.82, 2.24) is 24.5 Å². The number of primary amides is 1. The minimum Gasteiger partial charge on any atom is -0.365 e. The second-order valence-electron chi connectivity index (χ2n) is 6.68. The van der Waals surface area contributed by atoms with E-state index in [4.69, 9.17) is 5.73 Å². The summed E-state index contributed by atoms with van der Waals surface area (Å²) in [6, 6.07) is 4.44. The standard InChI is InChI=1S/C12H10F3N3.C6H6F3N3O/c13-12(14,15)11-6-8(3-4-16-11)10-7-9-2-1-5-18(9)17-10;1-3-4(5(10)13)2-12(11-3)6(7,8)9/h3-4,6-7H,1-2,5H2;2H,1H3,(H2,10,13). The molecule has 31 heavy (non-hydrogen) atoms. The summed E-state index contributed by atoms with van der Waals surface area (Å²) in [5, 5.41) is 7.40. The lowest BCUT2D eigenvalue weighted by atomic mass is 10.1. The molecule has 0 spiro atoms. The zero-order valence-corrected chi connectivity index (χ0v) is 16.0. The van der Waals surface area contributed by atoms with Crippen LogP contribution in [-0.2, 0) is 25.4 Å². The number of pyridine rings is 1. The molecule has 0 aliphatic carbocycles. The van der Waals surface area contributed by atoms with E-state index in [-0.39, 0.29) is 15.9 Å². The maximum Gasteiger partial charge on any atom is 0.504 e. The van der Waals surface area contributed by atoms with Crippen LogP contribution < -0.4 is 5.73 Å². The van der Waals surface area contributed by atoms with Crippen molar-refractivity contribution >= 4 is 5.91 Å². The molecule has 0 bridgehead atoms. The number of halogens is 6. The Morgan fingerprint density at radius 1 is 1.13 bits per heavy atom. The average Bonchev–Trinajstić information content (AvgIpc) is 3.35. The first-order valence-corrected chi connectivity index (χ1v) is 8.90. The number of amides is 1. The summed E-state index contributed by atoms with van der Waals surface area (Å²) in [4.78, 5) is 13.9. The van der Waals surface area contributed by atoms with Crippen molar-refractivity contribution in [1.29, 1.82) is 0 Å². The molecule has 4 heterocycles. The fourth-order valence-corrected chi connectivity index (χ4v) is 2.98. The molecule has 7 nitrogen and oxygen atoms in total. The summed E-state index contributed by atoms with van der Waals surface area (Å²) >= 11 is 0. The molecule has 1 aliphatic heterocycles. The van der Waals surface area contributed by atoms with Crippen molar-refractivity contribution in [3.05, 3.63) is 53.2 Å². The molecule has 0 unspecified atom stereocenters. The fraction of sp³-hybridized carbons (Fsp3) is 0.333. The average molecular weight is 446 g/mol. The largest absolute Gasteiger partial charge is 0.504 e. The normalized spacial score (nSPS) is 13.5. The van der Waals surface area contributed by atoms with Gasteiger partial charge in [0.25, 0.3) is 5.91 Å². The Labute approximate surface area is 171 Å². The van der Waals surface area contributed by atoms with Crippen molar-refractivity contribution in [2.24, 2.45) is 5.73 Å². The minimum absolute atomic E-state index is 0.0372. The van der Waals surface area contributed by atoms with Gasteiger partial charge in [-0.2, -0.15) is 28.1 Å². The third-order valence-corrected chi connectivity index (χ3v) is 4.44. The molecule has 3 aromatic rings. The van der Waals surface area contributed by atoms with E-state index in [0.29, 0.717) is 17.5 Å². The van der Waals surface area contributed by atoms with Gasteiger partial charge in [-0.15, -0.1) is 13.2 Å². The molecule has 1 amide bonds. The number of nitrogens with two attached hydrogens (primary N) is 1. The van der Waals surface area contributed by atoms with Crippen LogP contribution in [0.5, 0.6) is 0 Å². The number of fused-ring (bicyclic) bond motifs is 1. The zero-order chi connectivity index (χ0) is 23.0. The Bertz CT molecular complexity index is 1080. The second kappa shape index (κ2) is 8.04. The van der Waals surface area contributed by atoms with Crippen LogP contribution in [0.3, 0.4) is 0 Å². The predicted molar refractivity (Wildman–Crippen MR) is 95.6 cm³/mol. The zero-order valence-electron chi connectivity index (χ0n) is 16.0. The third-order valence-electron chi connectivity index (χ3n) is 4.44. The van der Waals surface area contributed by atoms with E-state index < -0.39 is 24.1 Å². The molecule has 166 valence electrons. The van der Waals surface area contributed by atoms with E-state index in [9.17, 15) is 31.1 Å². The molecule has 2 N–H and O–H groups in total. The molecule has 4 rings (SSSR count). The highest BCUT2D eigenvalue weighted by molar-refractivity contribution is 5.93. The number of nitrogens with zero attached hydrogens (tertiary/aromatic N) is 5. The number of rotatable bonds is 2. The van der Waals surface area contributed by atoms with Gasteiger partial charge >= 0.3 is 12.5 Å². The topological polar surface area (TPSA) is 91.6 Å². The minimum atomic E-state index is -4.61. The van der Waals surface area contributed by atoms with Crippen molar-refractivity contribution < 1.29 is 31.1 Å². The second-order valence-corrected chi connectivity index (χ2v) is 6.68. The fourth-order valence-electron chi connectivity index (χ4n) is 2.98. The van der Waals surface area contributed by atoms with Gasteiger partial charge in [0.15, 0.2) is 0 Å². The first-order valence-electron chi connectivity index (χ1n) is 8.90. The van der Waals surface area contributed by atoms with Gasteiger partial charge in [-0.05, 0) is 38.0 Å². The van der Waals surface area contributed by atoms with E-state index in [0.717, 1.165) is 31.1 Å². The molecule has 0 fully saturated rings. The molecule has 1 aliphatic rings. The number of hydrogen-bond donors (Lipinski definition) is 1. The first-order chi connectivity index (χ1) is 14.4. The highest BCUT2D eigenvalue weighted by atomic mass is 19.4. The van der Waals surface area contributed by atoms with Gasteiger partial charge in [-0.1, -0.05) is 0 Å². The summed E-state index contributed by atoms with van der Waals surface area (Å²) < 4.78 is 75.3. The summed E-state index contributed by atoms with van der Waals surface area (Å²) in [5.74, 6) is -0.923. The Hall–Kier alpha value is -3.38. The summed E-state index contributed by atoms with van der Waals surface area (Å²) in [7, 11) is 0. The Morgan fingerprint density at radius 3 is 2.35 bits per heavy atom. The van der Waals surface area contributed by atoms with E-state index in [1.807, 2.05) is 10.7 Å². The van der Waals surface area contributed by atoms with Crippen molar-refractivity contribution in [2.45, 2.75) is 38.8 Å². The van der Waals surface area contributed by atoms with Gasteiger partial charge in [0.05, 0.1) is 17.0 Å². The van der Waals surface area contributed by atoms with Crippen LogP contribution in [0.4, 0.5) is 26.3 Å². The molecule has 3 aromatic heterocycles. The predicted octanol–water partition coefficient (Wildman–Crippen LogP) is 3.68. The van der Waals surface area contributed by atoms with Crippen LogP contribution in [0.25, 0.3) is 11.3 Å². The molecule has 0 saturated heterocycles. The number of hydrogen-bond acceptors (Lipinski definition) is 4. The van der Waals surface area contributed by atoms with Crippen molar-refractivity contribution in [3.8, 4) is 11.3 Å². The van der Waals surface area contributed by atoms with Crippen LogP contribution in [0, 0.1) is 6.92 Å². The van der Waals surface area contributed by atoms with Crippen molar-refractivity contribution in [3.63, 3.8) is 0 Å². The van der Waals surface area contributed by atoms with Crippen LogP contribution in [-0.4, -0.2) is 30.5 Å². The molecule has 0 aromatic carbocycles. The van der Waals surface area contributed by atoms with Crippen LogP contribution in [0.2, 0.25) is 0 Å². The summed E-state index contributed by atoms with van der Waals surface area (Å²) in [6.45, 7) is 2.12. The van der Waals surface area contributed by atoms with Crippen LogP contribution in [0.15, 0.2) is 30.6 Å². The van der Waals surface area contributed by atoms with Gasteiger partial charge in [-0.25, -0.2) is 0 Å². The lowest BCUT2D eigenvalue weighted by Gasteiger charge is -2.06. The third kappa shape index (κ3) is 5.03. The van der Waals surface area contributed by atoms with Gasteiger partial charge in [0, 0.05) is 30.2 Å². The highest BCUT2D eigenvalue weighted by Gasteiger charge is 2.33. The van der Waals surface area contributed by atoms with E-state index in [2.05, 4.69) is 15.2 Å². The van der Waals surface area contributed by atoms with Crippen molar-refractivity contribution in [2.75, 3.05) is 0 Å². The lowest BCUT2D eigenvalue weighted by Crippen LogP contribution is -2.17. The Kier molecular flexibility index (Phi) is 5.79. The van der Waals surface area contributed by atoms with Gasteiger partial charge in [0.1, 0.15) is 5.69 Å². The van der Waals surface area contributed by atoms with Crippen LogP contribution >= 0.6 is 0 Å². The maximum absolute atomic E-state index is 12.6. The summed E-state index contributed by atoms with van der Waals surface area (Å²) in [5.41, 5.74) is 5.79.